The van der Waals surface area contributed by atoms with E-state index < -0.39 is 0 Å². The Hall–Kier alpha value is -0.000000000000000125. The molecule has 23 heavy (non-hydrogen) atoms. The minimum absolute atomic E-state index is 0.119. The summed E-state index contributed by atoms with van der Waals surface area (Å²) in [7, 11) is 1.66. The standard InChI is InChI=1S/C7H7BrO2S.C5H5BrOS.C2H6O2/c8-6-2-1-5(11-6)7-9-3-4-10-7;1-7-5-3-2-4(6)8-5;3-1-2-4/h1-2,7H,3-4H2;2-3H,1H3;3-4H,1-2H2. The Balaban J connectivity index is 0.000000194. The highest BCUT2D eigenvalue weighted by Crippen LogP contribution is 2.31. The Morgan fingerprint density at radius 3 is 1.96 bits per heavy atom. The molecule has 0 aromatic carbocycles. The lowest BCUT2D eigenvalue weighted by Gasteiger charge is -2.03. The molecule has 1 aliphatic rings. The SMILES string of the molecule is Brc1ccc(C2OCCO2)s1.COc1ccc(Br)s1.OCCO. The first-order chi connectivity index (χ1) is 11.1. The van der Waals surface area contributed by atoms with Crippen LogP contribution in [0.1, 0.15) is 11.2 Å². The van der Waals surface area contributed by atoms with Gasteiger partial charge in [0.05, 0.1) is 46.0 Å². The maximum atomic E-state index is 7.62. The van der Waals surface area contributed by atoms with E-state index >= 15 is 0 Å². The summed E-state index contributed by atoms with van der Waals surface area (Å²) in [6.07, 6.45) is -0.119. The Bertz CT molecular complexity index is 539. The smallest absolute Gasteiger partial charge is 0.193 e. The van der Waals surface area contributed by atoms with Crippen molar-refractivity contribution in [3.05, 3.63) is 36.7 Å². The maximum absolute atomic E-state index is 7.62. The molecule has 0 atom stereocenters. The molecule has 1 fully saturated rings. The highest BCUT2D eigenvalue weighted by Gasteiger charge is 2.19. The predicted molar refractivity (Wildman–Crippen MR) is 99.4 cm³/mol. The summed E-state index contributed by atoms with van der Waals surface area (Å²) in [6.45, 7) is 1.17. The Labute approximate surface area is 160 Å². The minimum atomic E-state index is -0.125. The van der Waals surface area contributed by atoms with E-state index in [2.05, 4.69) is 31.9 Å². The lowest BCUT2D eigenvalue weighted by molar-refractivity contribution is -0.0413. The third-order valence-electron chi connectivity index (χ3n) is 2.30. The van der Waals surface area contributed by atoms with Gasteiger partial charge in [-0.05, 0) is 56.1 Å². The Morgan fingerprint density at radius 1 is 1.04 bits per heavy atom. The first kappa shape index (κ1) is 21.0. The second-order valence-corrected chi connectivity index (χ2v) is 8.85. The molecule has 0 unspecified atom stereocenters. The number of rotatable bonds is 3. The molecule has 0 radical (unpaired) electrons. The first-order valence-electron chi connectivity index (χ1n) is 6.60. The van der Waals surface area contributed by atoms with Crippen LogP contribution in [0.15, 0.2) is 31.8 Å². The highest BCUT2D eigenvalue weighted by atomic mass is 79.9. The summed E-state index contributed by atoms with van der Waals surface area (Å²) in [4.78, 5) is 1.13. The van der Waals surface area contributed by atoms with Crippen molar-refractivity contribution >= 4 is 54.5 Å². The molecule has 5 nitrogen and oxygen atoms in total. The zero-order valence-corrected chi connectivity index (χ0v) is 17.2. The molecule has 1 aliphatic heterocycles. The zero-order valence-electron chi connectivity index (χ0n) is 12.4. The Kier molecular flexibility index (Phi) is 11.3. The molecule has 0 aliphatic carbocycles. The first-order valence-corrected chi connectivity index (χ1v) is 9.82. The van der Waals surface area contributed by atoms with Crippen LogP contribution in [-0.4, -0.2) is 43.8 Å². The molecular weight excluding hydrogens is 472 g/mol. The van der Waals surface area contributed by atoms with E-state index in [1.807, 2.05) is 24.3 Å². The number of aliphatic hydroxyl groups excluding tert-OH is 2. The molecular formula is C14H18Br2O5S2. The minimum Gasteiger partial charge on any atom is -0.487 e. The van der Waals surface area contributed by atoms with Crippen molar-refractivity contribution in [1.29, 1.82) is 0 Å². The summed E-state index contributed by atoms with van der Waals surface area (Å²) in [6, 6.07) is 7.91. The third-order valence-corrected chi connectivity index (χ3v) is 5.53. The van der Waals surface area contributed by atoms with Crippen LogP contribution in [0.25, 0.3) is 0 Å². The molecule has 130 valence electrons. The van der Waals surface area contributed by atoms with Gasteiger partial charge in [0.1, 0.15) is 0 Å². The molecule has 2 aromatic rings. The molecule has 0 saturated carbocycles. The lowest BCUT2D eigenvalue weighted by Crippen LogP contribution is -1.93. The average Bonchev–Trinajstić information content (AvgIpc) is 3.29. The van der Waals surface area contributed by atoms with Crippen LogP contribution in [0.4, 0.5) is 0 Å². The second-order valence-electron chi connectivity index (χ2n) is 3.93. The van der Waals surface area contributed by atoms with Gasteiger partial charge in [-0.2, -0.15) is 0 Å². The van der Waals surface area contributed by atoms with Gasteiger partial charge in [-0.1, -0.05) is 11.3 Å². The molecule has 0 bridgehead atoms. The van der Waals surface area contributed by atoms with E-state index in [-0.39, 0.29) is 19.5 Å². The van der Waals surface area contributed by atoms with Gasteiger partial charge >= 0.3 is 0 Å². The summed E-state index contributed by atoms with van der Waals surface area (Å²) in [5.41, 5.74) is 0. The summed E-state index contributed by atoms with van der Waals surface area (Å²) >= 11 is 9.93. The molecule has 9 heteroatoms. The van der Waals surface area contributed by atoms with Crippen molar-refractivity contribution in [3.63, 3.8) is 0 Å². The fourth-order valence-corrected chi connectivity index (χ4v) is 3.97. The van der Waals surface area contributed by atoms with Gasteiger partial charge in [0.25, 0.3) is 0 Å². The van der Waals surface area contributed by atoms with Crippen LogP contribution in [-0.2, 0) is 9.47 Å². The normalized spacial score (nSPS) is 13.8. The van der Waals surface area contributed by atoms with Gasteiger partial charge in [0, 0.05) is 0 Å². The predicted octanol–water partition coefficient (Wildman–Crippen LogP) is 4.05. The number of hydrogen-bond acceptors (Lipinski definition) is 7. The summed E-state index contributed by atoms with van der Waals surface area (Å²) in [5, 5.41) is 16.2. The molecule has 2 aromatic heterocycles. The number of ether oxygens (including phenoxy) is 3. The van der Waals surface area contributed by atoms with Crippen LogP contribution < -0.4 is 4.74 Å². The van der Waals surface area contributed by atoms with Gasteiger partial charge < -0.3 is 24.4 Å². The van der Waals surface area contributed by atoms with Gasteiger partial charge in [-0.25, -0.2) is 0 Å². The van der Waals surface area contributed by atoms with Crippen molar-refractivity contribution in [2.75, 3.05) is 33.5 Å². The van der Waals surface area contributed by atoms with Crippen LogP contribution >= 0.6 is 54.5 Å². The van der Waals surface area contributed by atoms with Crippen LogP contribution in [0, 0.1) is 0 Å². The van der Waals surface area contributed by atoms with E-state index in [0.717, 1.165) is 17.5 Å². The fraction of sp³-hybridized carbons (Fsp3) is 0.429. The van der Waals surface area contributed by atoms with Crippen molar-refractivity contribution < 1.29 is 24.4 Å². The van der Waals surface area contributed by atoms with Crippen molar-refractivity contribution in [2.45, 2.75) is 6.29 Å². The fourth-order valence-electron chi connectivity index (χ4n) is 1.39. The van der Waals surface area contributed by atoms with E-state index in [1.54, 1.807) is 29.8 Å². The summed E-state index contributed by atoms with van der Waals surface area (Å²) < 4.78 is 17.8. The third kappa shape index (κ3) is 8.59. The monoisotopic (exact) mass is 488 g/mol. The number of hydrogen-bond donors (Lipinski definition) is 2. The van der Waals surface area contributed by atoms with Crippen LogP contribution in [0.3, 0.4) is 0 Å². The lowest BCUT2D eigenvalue weighted by atomic mass is 10.5. The van der Waals surface area contributed by atoms with Crippen LogP contribution in [0.5, 0.6) is 5.06 Å². The van der Waals surface area contributed by atoms with Gasteiger partial charge in [0.15, 0.2) is 11.4 Å². The summed E-state index contributed by atoms with van der Waals surface area (Å²) in [5.74, 6) is 0. The van der Waals surface area contributed by atoms with E-state index in [1.165, 1.54) is 0 Å². The van der Waals surface area contributed by atoms with E-state index in [9.17, 15) is 0 Å². The molecule has 3 heterocycles. The number of aliphatic hydroxyl groups is 2. The average molecular weight is 490 g/mol. The molecule has 2 N–H and O–H groups in total. The van der Waals surface area contributed by atoms with Crippen molar-refractivity contribution in [3.8, 4) is 5.06 Å². The van der Waals surface area contributed by atoms with Gasteiger partial charge in [-0.3, -0.25) is 0 Å². The largest absolute Gasteiger partial charge is 0.487 e. The van der Waals surface area contributed by atoms with Crippen molar-refractivity contribution in [1.82, 2.24) is 0 Å². The van der Waals surface area contributed by atoms with E-state index in [0.29, 0.717) is 13.2 Å². The number of thiophene rings is 2. The van der Waals surface area contributed by atoms with Gasteiger partial charge in [0.2, 0.25) is 0 Å². The molecule has 0 spiro atoms. The highest BCUT2D eigenvalue weighted by molar-refractivity contribution is 9.11. The Morgan fingerprint density at radius 2 is 1.61 bits per heavy atom. The maximum Gasteiger partial charge on any atom is 0.193 e. The zero-order chi connectivity index (χ0) is 17.1. The molecule has 3 rings (SSSR count). The van der Waals surface area contributed by atoms with Gasteiger partial charge in [-0.15, -0.1) is 11.3 Å². The molecule has 0 amide bonds. The van der Waals surface area contributed by atoms with Crippen LogP contribution in [0.2, 0.25) is 0 Å². The van der Waals surface area contributed by atoms with E-state index in [4.69, 9.17) is 24.4 Å². The number of halogens is 2. The molecule has 1 saturated heterocycles. The quantitative estimate of drug-likeness (QED) is 0.680. The van der Waals surface area contributed by atoms with Crippen molar-refractivity contribution in [2.24, 2.45) is 0 Å². The topological polar surface area (TPSA) is 68.2 Å². The number of methoxy groups -OCH3 is 1. The second kappa shape index (κ2) is 12.4.